The van der Waals surface area contributed by atoms with Gasteiger partial charge in [0, 0.05) is 4.47 Å². The van der Waals surface area contributed by atoms with Crippen LogP contribution in [0.2, 0.25) is 0 Å². The minimum Gasteiger partial charge on any atom is -0.496 e. The van der Waals surface area contributed by atoms with Gasteiger partial charge in [0.1, 0.15) is 5.75 Å². The summed E-state index contributed by atoms with van der Waals surface area (Å²) in [4.78, 5) is 1.07. The summed E-state index contributed by atoms with van der Waals surface area (Å²) in [5.41, 5.74) is 9.91. The van der Waals surface area contributed by atoms with Gasteiger partial charge < -0.3 is 10.5 Å². The maximum atomic E-state index is 6.37. The van der Waals surface area contributed by atoms with E-state index in [9.17, 15) is 0 Å². The van der Waals surface area contributed by atoms with Gasteiger partial charge >= 0.3 is 0 Å². The maximum Gasteiger partial charge on any atom is 0.134 e. The molecule has 0 aliphatic rings. The van der Waals surface area contributed by atoms with Gasteiger partial charge in [-0.05, 0) is 48.1 Å². The number of thiophene rings is 1. The standard InChI is InChI=1S/C14H16BrNOS/c1-8-7-11(15)9(2)6-10(8)13(16)14-12(17-3)4-5-18-14/h4-7,13H,16H2,1-3H3. The van der Waals surface area contributed by atoms with E-state index in [1.807, 2.05) is 11.4 Å². The fourth-order valence-corrected chi connectivity index (χ4v) is 3.32. The van der Waals surface area contributed by atoms with Crippen LogP contribution >= 0.6 is 27.3 Å². The van der Waals surface area contributed by atoms with Crippen molar-refractivity contribution in [3.05, 3.63) is 49.6 Å². The molecule has 2 N–H and O–H groups in total. The Kier molecular flexibility index (Phi) is 4.10. The van der Waals surface area contributed by atoms with Crippen LogP contribution in [0.1, 0.15) is 27.6 Å². The molecule has 0 aliphatic carbocycles. The molecule has 0 saturated heterocycles. The van der Waals surface area contributed by atoms with Crippen molar-refractivity contribution in [2.45, 2.75) is 19.9 Å². The van der Waals surface area contributed by atoms with Crippen LogP contribution in [0, 0.1) is 13.8 Å². The summed E-state index contributed by atoms with van der Waals surface area (Å²) in [5, 5.41) is 2.01. The lowest BCUT2D eigenvalue weighted by Crippen LogP contribution is -2.13. The molecule has 2 aromatic rings. The van der Waals surface area contributed by atoms with Crippen molar-refractivity contribution in [3.63, 3.8) is 0 Å². The summed E-state index contributed by atoms with van der Waals surface area (Å²) >= 11 is 5.18. The summed E-state index contributed by atoms with van der Waals surface area (Å²) < 4.78 is 6.46. The number of benzene rings is 1. The molecule has 96 valence electrons. The number of rotatable bonds is 3. The third-order valence-corrected chi connectivity index (χ3v) is 4.88. The molecule has 0 aliphatic heterocycles. The molecule has 1 aromatic heterocycles. The van der Waals surface area contributed by atoms with E-state index in [0.29, 0.717) is 0 Å². The van der Waals surface area contributed by atoms with Gasteiger partial charge in [0.05, 0.1) is 18.0 Å². The maximum absolute atomic E-state index is 6.37. The summed E-state index contributed by atoms with van der Waals surface area (Å²) in [6, 6.07) is 6.08. The Morgan fingerprint density at radius 3 is 2.67 bits per heavy atom. The van der Waals surface area contributed by atoms with Crippen LogP contribution in [0.15, 0.2) is 28.1 Å². The van der Waals surface area contributed by atoms with E-state index < -0.39 is 0 Å². The average molecular weight is 326 g/mol. The number of hydrogen-bond acceptors (Lipinski definition) is 3. The summed E-state index contributed by atoms with van der Waals surface area (Å²) in [6.07, 6.45) is 0. The van der Waals surface area contributed by atoms with E-state index in [2.05, 4.69) is 41.9 Å². The normalized spacial score (nSPS) is 12.5. The van der Waals surface area contributed by atoms with Gasteiger partial charge in [-0.2, -0.15) is 0 Å². The Labute approximate surface area is 120 Å². The van der Waals surface area contributed by atoms with E-state index >= 15 is 0 Å². The van der Waals surface area contributed by atoms with Crippen molar-refractivity contribution < 1.29 is 4.74 Å². The number of halogens is 1. The molecular weight excluding hydrogens is 310 g/mol. The van der Waals surface area contributed by atoms with Crippen molar-refractivity contribution >= 4 is 27.3 Å². The van der Waals surface area contributed by atoms with Crippen LogP contribution in [-0.2, 0) is 0 Å². The Balaban J connectivity index is 2.46. The fourth-order valence-electron chi connectivity index (χ4n) is 1.98. The molecule has 1 atom stereocenters. The predicted molar refractivity (Wildman–Crippen MR) is 80.5 cm³/mol. The molecule has 1 heterocycles. The van der Waals surface area contributed by atoms with Crippen molar-refractivity contribution in [1.29, 1.82) is 0 Å². The first kappa shape index (κ1) is 13.6. The van der Waals surface area contributed by atoms with E-state index in [1.54, 1.807) is 18.4 Å². The lowest BCUT2D eigenvalue weighted by atomic mass is 9.98. The second-order valence-electron chi connectivity index (χ2n) is 4.29. The molecule has 0 bridgehead atoms. The third kappa shape index (κ3) is 2.46. The monoisotopic (exact) mass is 325 g/mol. The van der Waals surface area contributed by atoms with E-state index in [-0.39, 0.29) is 6.04 Å². The van der Waals surface area contributed by atoms with Gasteiger partial charge in [-0.3, -0.25) is 0 Å². The molecule has 1 aromatic carbocycles. The number of methoxy groups -OCH3 is 1. The molecule has 0 fully saturated rings. The average Bonchev–Trinajstić information content (AvgIpc) is 2.81. The van der Waals surface area contributed by atoms with Crippen LogP contribution in [0.25, 0.3) is 0 Å². The lowest BCUT2D eigenvalue weighted by Gasteiger charge is -2.16. The molecule has 0 spiro atoms. The van der Waals surface area contributed by atoms with Gasteiger partial charge in [0.15, 0.2) is 0 Å². The number of aryl methyl sites for hydroxylation is 2. The number of ether oxygens (including phenoxy) is 1. The van der Waals surface area contributed by atoms with Crippen LogP contribution in [0.5, 0.6) is 5.75 Å². The van der Waals surface area contributed by atoms with E-state index in [0.717, 1.165) is 20.7 Å². The largest absolute Gasteiger partial charge is 0.496 e. The van der Waals surface area contributed by atoms with E-state index in [1.165, 1.54) is 11.1 Å². The third-order valence-electron chi connectivity index (χ3n) is 3.04. The Hall–Kier alpha value is -0.840. The number of nitrogens with two attached hydrogens (primary N) is 1. The van der Waals surface area contributed by atoms with Gasteiger partial charge in [0.25, 0.3) is 0 Å². The highest BCUT2D eigenvalue weighted by Gasteiger charge is 2.18. The molecule has 0 amide bonds. The van der Waals surface area contributed by atoms with Crippen molar-refractivity contribution in [1.82, 2.24) is 0 Å². The van der Waals surface area contributed by atoms with Crippen molar-refractivity contribution in [2.75, 3.05) is 7.11 Å². The molecular formula is C14H16BrNOS. The Bertz CT molecular complexity index is 565. The van der Waals surface area contributed by atoms with Crippen molar-refractivity contribution in [2.24, 2.45) is 5.73 Å². The van der Waals surface area contributed by atoms with Gasteiger partial charge in [0.2, 0.25) is 0 Å². The zero-order chi connectivity index (χ0) is 13.3. The minimum atomic E-state index is -0.133. The Morgan fingerprint density at radius 1 is 1.28 bits per heavy atom. The smallest absolute Gasteiger partial charge is 0.134 e. The molecule has 1 unspecified atom stereocenters. The molecule has 4 heteroatoms. The second-order valence-corrected chi connectivity index (χ2v) is 6.09. The van der Waals surface area contributed by atoms with Gasteiger partial charge in [-0.1, -0.05) is 22.0 Å². The first-order chi connectivity index (χ1) is 8.54. The van der Waals surface area contributed by atoms with Crippen LogP contribution in [-0.4, -0.2) is 7.11 Å². The summed E-state index contributed by atoms with van der Waals surface area (Å²) in [6.45, 7) is 4.16. The van der Waals surface area contributed by atoms with Gasteiger partial charge in [-0.15, -0.1) is 11.3 Å². The minimum absolute atomic E-state index is 0.133. The second kappa shape index (κ2) is 5.43. The highest BCUT2D eigenvalue weighted by Crippen LogP contribution is 2.35. The summed E-state index contributed by atoms with van der Waals surface area (Å²) in [5.74, 6) is 0.868. The van der Waals surface area contributed by atoms with Crippen LogP contribution < -0.4 is 10.5 Å². The number of hydrogen-bond donors (Lipinski definition) is 1. The van der Waals surface area contributed by atoms with Crippen LogP contribution in [0.3, 0.4) is 0 Å². The van der Waals surface area contributed by atoms with Crippen molar-refractivity contribution in [3.8, 4) is 5.75 Å². The quantitative estimate of drug-likeness (QED) is 0.918. The predicted octanol–water partition coefficient (Wildman–Crippen LogP) is 4.18. The van der Waals surface area contributed by atoms with Crippen LogP contribution in [0.4, 0.5) is 0 Å². The zero-order valence-corrected chi connectivity index (χ0v) is 13.1. The van der Waals surface area contributed by atoms with E-state index in [4.69, 9.17) is 10.5 Å². The molecule has 0 radical (unpaired) electrons. The fraction of sp³-hybridized carbons (Fsp3) is 0.286. The zero-order valence-electron chi connectivity index (χ0n) is 10.7. The molecule has 2 nitrogen and oxygen atoms in total. The first-order valence-electron chi connectivity index (χ1n) is 5.68. The molecule has 2 rings (SSSR count). The Morgan fingerprint density at radius 2 is 2.00 bits per heavy atom. The first-order valence-corrected chi connectivity index (χ1v) is 7.35. The highest BCUT2D eigenvalue weighted by molar-refractivity contribution is 9.10. The summed E-state index contributed by atoms with van der Waals surface area (Å²) in [7, 11) is 1.68. The molecule has 18 heavy (non-hydrogen) atoms. The lowest BCUT2D eigenvalue weighted by molar-refractivity contribution is 0.411. The highest BCUT2D eigenvalue weighted by atomic mass is 79.9. The van der Waals surface area contributed by atoms with Gasteiger partial charge in [-0.25, -0.2) is 0 Å². The topological polar surface area (TPSA) is 35.2 Å². The molecule has 0 saturated carbocycles. The SMILES string of the molecule is COc1ccsc1C(N)c1cc(C)c(Br)cc1C.